The van der Waals surface area contributed by atoms with Crippen molar-refractivity contribution in [2.24, 2.45) is 16.5 Å². The lowest BCUT2D eigenvalue weighted by molar-refractivity contribution is 0.264. The second-order valence-electron chi connectivity index (χ2n) is 4.39. The molecule has 5 heteroatoms. The third-order valence-corrected chi connectivity index (χ3v) is 2.91. The highest BCUT2D eigenvalue weighted by Gasteiger charge is 2.28. The maximum Gasteiger partial charge on any atom is 0.132 e. The van der Waals surface area contributed by atoms with Crippen molar-refractivity contribution in [3.63, 3.8) is 0 Å². The molecular weight excluding hydrogens is 228 g/mol. The molecule has 1 aliphatic rings. The zero-order valence-corrected chi connectivity index (χ0v) is 10.4. The van der Waals surface area contributed by atoms with E-state index in [0.717, 1.165) is 5.75 Å². The molecule has 18 heavy (non-hydrogen) atoms. The Hall–Kier alpha value is -2.01. The smallest absolute Gasteiger partial charge is 0.132 e. The number of hydrogen-bond donors (Lipinski definition) is 3. The standard InChI is InChI=1S/C13H18N4O/c1-10-2-4-11(5-3-10)18-7-6-13(15)12(14)8-16-9-17-13/h2-5,8-9H,6-7,14-15H2,1H3,(H,16,17). The van der Waals surface area contributed by atoms with Gasteiger partial charge in [0.2, 0.25) is 0 Å². The van der Waals surface area contributed by atoms with Gasteiger partial charge in [-0.1, -0.05) is 17.7 Å². The molecule has 0 saturated carbocycles. The van der Waals surface area contributed by atoms with Gasteiger partial charge in [-0.15, -0.1) is 0 Å². The molecule has 0 radical (unpaired) electrons. The van der Waals surface area contributed by atoms with Gasteiger partial charge < -0.3 is 21.5 Å². The number of hydrogen-bond acceptors (Lipinski definition) is 5. The summed E-state index contributed by atoms with van der Waals surface area (Å²) >= 11 is 0. The number of aryl methyl sites for hydroxylation is 1. The van der Waals surface area contributed by atoms with Gasteiger partial charge >= 0.3 is 0 Å². The predicted octanol–water partition coefficient (Wildman–Crippen LogP) is 0.851. The SMILES string of the molecule is Cc1ccc(OCCC2(N)NC=NC=C2N)cc1. The number of ether oxygens (including phenoxy) is 1. The minimum Gasteiger partial charge on any atom is -0.493 e. The summed E-state index contributed by atoms with van der Waals surface area (Å²) in [6.07, 6.45) is 3.67. The Balaban J connectivity index is 1.87. The van der Waals surface area contributed by atoms with Gasteiger partial charge in [0.25, 0.3) is 0 Å². The van der Waals surface area contributed by atoms with Crippen molar-refractivity contribution >= 4 is 6.34 Å². The molecule has 0 aliphatic carbocycles. The molecule has 1 heterocycles. The van der Waals surface area contributed by atoms with Gasteiger partial charge in [0, 0.05) is 6.42 Å². The average molecular weight is 246 g/mol. The largest absolute Gasteiger partial charge is 0.493 e. The molecule has 1 aliphatic heterocycles. The van der Waals surface area contributed by atoms with Gasteiger partial charge in [-0.25, -0.2) is 4.99 Å². The van der Waals surface area contributed by atoms with E-state index in [0.29, 0.717) is 18.7 Å². The van der Waals surface area contributed by atoms with E-state index in [1.54, 1.807) is 12.5 Å². The van der Waals surface area contributed by atoms with Crippen LogP contribution in [-0.4, -0.2) is 18.6 Å². The van der Waals surface area contributed by atoms with Gasteiger partial charge in [0.1, 0.15) is 11.4 Å². The summed E-state index contributed by atoms with van der Waals surface area (Å²) in [7, 11) is 0. The van der Waals surface area contributed by atoms with Crippen LogP contribution in [0.2, 0.25) is 0 Å². The Kier molecular flexibility index (Phi) is 3.53. The number of benzene rings is 1. The average Bonchev–Trinajstić information content (AvgIpc) is 2.36. The molecule has 5 nitrogen and oxygen atoms in total. The molecule has 5 N–H and O–H groups in total. The van der Waals surface area contributed by atoms with Crippen LogP contribution in [0.1, 0.15) is 12.0 Å². The Morgan fingerprint density at radius 2 is 2.06 bits per heavy atom. The van der Waals surface area contributed by atoms with Gasteiger partial charge in [-0.2, -0.15) is 0 Å². The van der Waals surface area contributed by atoms with Crippen molar-refractivity contribution < 1.29 is 4.74 Å². The van der Waals surface area contributed by atoms with Crippen molar-refractivity contribution in [3.8, 4) is 5.75 Å². The number of nitrogens with zero attached hydrogens (tertiary/aromatic N) is 1. The van der Waals surface area contributed by atoms with Crippen LogP contribution < -0.4 is 21.5 Å². The van der Waals surface area contributed by atoms with Crippen molar-refractivity contribution in [3.05, 3.63) is 41.7 Å². The summed E-state index contributed by atoms with van der Waals surface area (Å²) in [5, 5.41) is 2.95. The lowest BCUT2D eigenvalue weighted by Gasteiger charge is -2.31. The molecule has 1 aromatic carbocycles. The van der Waals surface area contributed by atoms with Gasteiger partial charge in [0.15, 0.2) is 0 Å². The fourth-order valence-corrected chi connectivity index (χ4v) is 1.65. The molecule has 1 unspecified atom stereocenters. The summed E-state index contributed by atoms with van der Waals surface area (Å²) in [6, 6.07) is 7.89. The lowest BCUT2D eigenvalue weighted by Crippen LogP contribution is -2.58. The first-order valence-electron chi connectivity index (χ1n) is 5.84. The van der Waals surface area contributed by atoms with Crippen molar-refractivity contribution in [2.75, 3.05) is 6.61 Å². The van der Waals surface area contributed by atoms with Crippen LogP contribution in [0.5, 0.6) is 5.75 Å². The Bertz CT molecular complexity index is 466. The highest BCUT2D eigenvalue weighted by atomic mass is 16.5. The van der Waals surface area contributed by atoms with E-state index >= 15 is 0 Å². The molecule has 0 saturated heterocycles. The minimum absolute atomic E-state index is 0.481. The van der Waals surface area contributed by atoms with Crippen LogP contribution in [0.3, 0.4) is 0 Å². The van der Waals surface area contributed by atoms with E-state index in [-0.39, 0.29) is 0 Å². The third-order valence-electron chi connectivity index (χ3n) is 2.91. The van der Waals surface area contributed by atoms with Crippen molar-refractivity contribution in [1.29, 1.82) is 0 Å². The summed E-state index contributed by atoms with van der Waals surface area (Å²) in [4.78, 5) is 3.89. The second-order valence-corrected chi connectivity index (χ2v) is 4.39. The van der Waals surface area contributed by atoms with E-state index < -0.39 is 5.66 Å². The number of nitrogens with one attached hydrogen (secondary N) is 1. The van der Waals surface area contributed by atoms with Crippen LogP contribution in [0.25, 0.3) is 0 Å². The first-order valence-corrected chi connectivity index (χ1v) is 5.84. The molecule has 0 fully saturated rings. The fraction of sp³-hybridized carbons (Fsp3) is 0.308. The number of aliphatic imine (C=N–C) groups is 1. The van der Waals surface area contributed by atoms with Crippen LogP contribution in [0.15, 0.2) is 41.2 Å². The molecule has 0 bridgehead atoms. The van der Waals surface area contributed by atoms with E-state index in [4.69, 9.17) is 16.2 Å². The third kappa shape index (κ3) is 2.81. The summed E-state index contributed by atoms with van der Waals surface area (Å²) < 4.78 is 5.63. The van der Waals surface area contributed by atoms with Crippen LogP contribution in [-0.2, 0) is 0 Å². The maximum atomic E-state index is 6.12. The summed E-state index contributed by atoms with van der Waals surface area (Å²) in [6.45, 7) is 2.52. The number of nitrogens with two attached hydrogens (primary N) is 2. The van der Waals surface area contributed by atoms with E-state index in [9.17, 15) is 0 Å². The fourth-order valence-electron chi connectivity index (χ4n) is 1.65. The molecule has 0 aromatic heterocycles. The molecular formula is C13H18N4O. The van der Waals surface area contributed by atoms with Crippen LogP contribution >= 0.6 is 0 Å². The van der Waals surface area contributed by atoms with Crippen LogP contribution in [0.4, 0.5) is 0 Å². The first kappa shape index (κ1) is 12.4. The van der Waals surface area contributed by atoms with Crippen molar-refractivity contribution in [2.45, 2.75) is 19.0 Å². The Morgan fingerprint density at radius 3 is 2.72 bits per heavy atom. The normalized spacial score (nSPS) is 22.2. The quantitative estimate of drug-likeness (QED) is 0.735. The molecule has 1 aromatic rings. The highest BCUT2D eigenvalue weighted by Crippen LogP contribution is 2.16. The monoisotopic (exact) mass is 246 g/mol. The van der Waals surface area contributed by atoms with Gasteiger partial charge in [0.05, 0.1) is 24.8 Å². The highest BCUT2D eigenvalue weighted by molar-refractivity contribution is 5.60. The van der Waals surface area contributed by atoms with Crippen molar-refractivity contribution in [1.82, 2.24) is 5.32 Å². The van der Waals surface area contributed by atoms with Gasteiger partial charge in [-0.3, -0.25) is 0 Å². The Labute approximate surface area is 107 Å². The Morgan fingerprint density at radius 1 is 1.33 bits per heavy atom. The molecule has 96 valence electrons. The molecule has 0 amide bonds. The van der Waals surface area contributed by atoms with E-state index in [2.05, 4.69) is 10.3 Å². The summed E-state index contributed by atoms with van der Waals surface area (Å²) in [5.41, 5.74) is 12.9. The molecule has 2 rings (SSSR count). The lowest BCUT2D eigenvalue weighted by atomic mass is 10.0. The molecule has 0 spiro atoms. The van der Waals surface area contributed by atoms with Crippen LogP contribution in [0, 0.1) is 6.92 Å². The number of rotatable bonds is 4. The maximum absolute atomic E-state index is 6.12. The van der Waals surface area contributed by atoms with E-state index in [1.165, 1.54) is 5.56 Å². The topological polar surface area (TPSA) is 85.7 Å². The summed E-state index contributed by atoms with van der Waals surface area (Å²) in [5.74, 6) is 0.830. The zero-order valence-electron chi connectivity index (χ0n) is 10.4. The molecule has 1 atom stereocenters. The predicted molar refractivity (Wildman–Crippen MR) is 72.1 cm³/mol. The van der Waals surface area contributed by atoms with Gasteiger partial charge in [-0.05, 0) is 19.1 Å². The second kappa shape index (κ2) is 5.10. The zero-order chi connectivity index (χ0) is 13.0. The minimum atomic E-state index is -0.771. The first-order chi connectivity index (χ1) is 8.60. The van der Waals surface area contributed by atoms with E-state index in [1.807, 2.05) is 31.2 Å².